The highest BCUT2D eigenvalue weighted by atomic mass is 32.1. The van der Waals surface area contributed by atoms with Crippen LogP contribution in [0.3, 0.4) is 0 Å². The van der Waals surface area contributed by atoms with Crippen molar-refractivity contribution in [2.75, 3.05) is 24.8 Å². The lowest BCUT2D eigenvalue weighted by Crippen LogP contribution is -2.32. The Morgan fingerprint density at radius 3 is 2.74 bits per heavy atom. The minimum Gasteiger partial charge on any atom is -0.383 e. The van der Waals surface area contributed by atoms with Crippen molar-refractivity contribution in [1.82, 2.24) is 9.69 Å². The zero-order valence-electron chi connectivity index (χ0n) is 11.8. The molecule has 0 aromatic carbocycles. The van der Waals surface area contributed by atoms with Crippen molar-refractivity contribution in [2.45, 2.75) is 39.3 Å². The fourth-order valence-electron chi connectivity index (χ4n) is 1.60. The third-order valence-corrected chi connectivity index (χ3v) is 3.35. The predicted molar refractivity (Wildman–Crippen MR) is 78.7 cm³/mol. The van der Waals surface area contributed by atoms with E-state index in [1.54, 1.807) is 7.11 Å². The number of nitrogens with zero attached hydrogens (tertiary/aromatic N) is 1. The molecule has 1 atom stereocenters. The number of amides is 1. The third kappa shape index (κ3) is 4.36. The number of methoxy groups -OCH3 is 1. The van der Waals surface area contributed by atoms with Gasteiger partial charge in [-0.3, -0.25) is 4.79 Å². The first-order valence-corrected chi connectivity index (χ1v) is 7.08. The Morgan fingerprint density at radius 2 is 2.21 bits per heavy atom. The standard InChI is InChI=1S/C12H22N4O2S/c1-5-8(6-18-4)15-12-9(10(13)16-19-12)11(17)14-7(2)3/h7-8,15H,5-6H2,1-4H3,(H2,13,16)(H,14,17). The van der Waals surface area contributed by atoms with Gasteiger partial charge in [-0.05, 0) is 31.8 Å². The summed E-state index contributed by atoms with van der Waals surface area (Å²) >= 11 is 1.20. The highest BCUT2D eigenvalue weighted by Gasteiger charge is 2.21. The van der Waals surface area contributed by atoms with Crippen LogP contribution in [-0.4, -0.2) is 36.1 Å². The molecule has 0 radical (unpaired) electrons. The molecule has 0 saturated heterocycles. The fourth-order valence-corrected chi connectivity index (χ4v) is 2.39. The number of carbonyl (C=O) groups is 1. The Labute approximate surface area is 117 Å². The summed E-state index contributed by atoms with van der Waals surface area (Å²) in [5.41, 5.74) is 6.20. The molecule has 6 nitrogen and oxygen atoms in total. The van der Waals surface area contributed by atoms with E-state index in [1.807, 2.05) is 13.8 Å². The summed E-state index contributed by atoms with van der Waals surface area (Å²) in [6.45, 7) is 6.43. The summed E-state index contributed by atoms with van der Waals surface area (Å²) in [5.74, 6) is 0.0638. The molecule has 1 unspecified atom stereocenters. The van der Waals surface area contributed by atoms with Gasteiger partial charge in [-0.1, -0.05) is 6.92 Å². The number of anilines is 2. The summed E-state index contributed by atoms with van der Waals surface area (Å²) in [6.07, 6.45) is 0.886. The van der Waals surface area contributed by atoms with E-state index in [0.717, 1.165) is 6.42 Å². The van der Waals surface area contributed by atoms with Crippen LogP contribution in [0.5, 0.6) is 0 Å². The second-order valence-corrected chi connectivity index (χ2v) is 5.38. The second-order valence-electron chi connectivity index (χ2n) is 4.60. The summed E-state index contributed by atoms with van der Waals surface area (Å²) in [7, 11) is 1.65. The molecule has 1 aromatic heterocycles. The van der Waals surface area contributed by atoms with Crippen LogP contribution in [-0.2, 0) is 4.74 Å². The first-order valence-electron chi connectivity index (χ1n) is 6.31. The van der Waals surface area contributed by atoms with Crippen LogP contribution in [0.15, 0.2) is 0 Å². The summed E-state index contributed by atoms with van der Waals surface area (Å²) in [5, 5.41) is 6.78. The number of ether oxygens (including phenoxy) is 1. The van der Waals surface area contributed by atoms with Crippen LogP contribution in [0.25, 0.3) is 0 Å². The molecule has 0 aliphatic rings. The van der Waals surface area contributed by atoms with E-state index in [9.17, 15) is 4.79 Å². The van der Waals surface area contributed by atoms with Crippen molar-refractivity contribution in [1.29, 1.82) is 0 Å². The average molecular weight is 286 g/mol. The lowest BCUT2D eigenvalue weighted by atomic mass is 10.2. The number of rotatable bonds is 7. The zero-order chi connectivity index (χ0) is 14.4. The van der Waals surface area contributed by atoms with Crippen molar-refractivity contribution in [3.8, 4) is 0 Å². The molecule has 0 bridgehead atoms. The van der Waals surface area contributed by atoms with Gasteiger partial charge in [0.1, 0.15) is 10.6 Å². The Morgan fingerprint density at radius 1 is 1.53 bits per heavy atom. The normalized spacial score (nSPS) is 12.5. The minimum absolute atomic E-state index is 0.0561. The first kappa shape index (κ1) is 15.7. The van der Waals surface area contributed by atoms with Crippen LogP contribution in [0.4, 0.5) is 10.8 Å². The highest BCUT2D eigenvalue weighted by molar-refractivity contribution is 7.11. The van der Waals surface area contributed by atoms with Crippen molar-refractivity contribution < 1.29 is 9.53 Å². The number of aromatic nitrogens is 1. The summed E-state index contributed by atoms with van der Waals surface area (Å²) in [4.78, 5) is 12.1. The second kappa shape index (κ2) is 7.30. The fraction of sp³-hybridized carbons (Fsp3) is 0.667. The highest BCUT2D eigenvalue weighted by Crippen LogP contribution is 2.27. The third-order valence-electron chi connectivity index (χ3n) is 2.56. The lowest BCUT2D eigenvalue weighted by Gasteiger charge is -2.17. The number of nitrogens with one attached hydrogen (secondary N) is 2. The Kier molecular flexibility index (Phi) is 6.04. The molecule has 4 N–H and O–H groups in total. The van der Waals surface area contributed by atoms with Gasteiger partial charge < -0.3 is 21.1 Å². The molecule has 1 amide bonds. The van der Waals surface area contributed by atoms with Crippen molar-refractivity contribution in [2.24, 2.45) is 0 Å². The summed E-state index contributed by atoms with van der Waals surface area (Å²) < 4.78 is 9.18. The van der Waals surface area contributed by atoms with Crippen LogP contribution in [0.2, 0.25) is 0 Å². The topological polar surface area (TPSA) is 89.3 Å². The zero-order valence-corrected chi connectivity index (χ0v) is 12.6. The number of nitrogen functional groups attached to an aromatic ring is 1. The van der Waals surface area contributed by atoms with Crippen LogP contribution in [0.1, 0.15) is 37.6 Å². The monoisotopic (exact) mass is 286 g/mol. The van der Waals surface area contributed by atoms with Gasteiger partial charge in [0.25, 0.3) is 5.91 Å². The van der Waals surface area contributed by atoms with E-state index in [-0.39, 0.29) is 23.8 Å². The Hall–Kier alpha value is -1.34. The van der Waals surface area contributed by atoms with Gasteiger partial charge in [0.2, 0.25) is 0 Å². The van der Waals surface area contributed by atoms with Crippen molar-refractivity contribution in [3.05, 3.63) is 5.56 Å². The number of hydrogen-bond acceptors (Lipinski definition) is 6. The maximum absolute atomic E-state index is 12.1. The summed E-state index contributed by atoms with van der Waals surface area (Å²) in [6, 6.07) is 0.191. The molecular formula is C12H22N4O2S. The maximum atomic E-state index is 12.1. The molecule has 7 heteroatoms. The van der Waals surface area contributed by atoms with Crippen molar-refractivity contribution >= 4 is 28.3 Å². The van der Waals surface area contributed by atoms with Gasteiger partial charge in [-0.25, -0.2) is 0 Å². The quantitative estimate of drug-likeness (QED) is 0.710. The number of hydrogen-bond donors (Lipinski definition) is 3. The molecule has 108 valence electrons. The van der Waals surface area contributed by atoms with E-state index < -0.39 is 0 Å². The maximum Gasteiger partial charge on any atom is 0.258 e. The van der Waals surface area contributed by atoms with Gasteiger partial charge in [-0.2, -0.15) is 4.37 Å². The van der Waals surface area contributed by atoms with Gasteiger partial charge in [0.15, 0.2) is 5.82 Å². The van der Waals surface area contributed by atoms with Gasteiger partial charge in [-0.15, -0.1) is 0 Å². The first-order chi connectivity index (χ1) is 8.99. The molecule has 0 aliphatic heterocycles. The molecule has 19 heavy (non-hydrogen) atoms. The van der Waals surface area contributed by atoms with E-state index in [4.69, 9.17) is 10.5 Å². The van der Waals surface area contributed by atoms with Gasteiger partial charge in [0, 0.05) is 13.2 Å². The molecule has 1 aromatic rings. The van der Waals surface area contributed by atoms with Gasteiger partial charge >= 0.3 is 0 Å². The van der Waals surface area contributed by atoms with Crippen LogP contribution < -0.4 is 16.4 Å². The van der Waals surface area contributed by atoms with Crippen LogP contribution >= 0.6 is 11.5 Å². The van der Waals surface area contributed by atoms with E-state index >= 15 is 0 Å². The molecule has 1 heterocycles. The molecule has 1 rings (SSSR count). The van der Waals surface area contributed by atoms with E-state index in [1.165, 1.54) is 11.5 Å². The van der Waals surface area contributed by atoms with Gasteiger partial charge in [0.05, 0.1) is 12.6 Å². The average Bonchev–Trinajstić information content (AvgIpc) is 2.69. The Balaban J connectivity index is 2.87. The predicted octanol–water partition coefficient (Wildman–Crippen LogP) is 1.70. The number of carbonyl (C=O) groups excluding carboxylic acids is 1. The lowest BCUT2D eigenvalue weighted by molar-refractivity contribution is 0.0945. The smallest absolute Gasteiger partial charge is 0.258 e. The van der Waals surface area contributed by atoms with E-state index in [0.29, 0.717) is 17.2 Å². The Bertz CT molecular complexity index is 420. The molecule has 0 fully saturated rings. The molecule has 0 saturated carbocycles. The van der Waals surface area contributed by atoms with E-state index in [2.05, 4.69) is 21.9 Å². The largest absolute Gasteiger partial charge is 0.383 e. The molecular weight excluding hydrogens is 264 g/mol. The molecule has 0 aliphatic carbocycles. The molecule has 0 spiro atoms. The van der Waals surface area contributed by atoms with Crippen LogP contribution in [0, 0.1) is 0 Å². The minimum atomic E-state index is -0.198. The SMILES string of the molecule is CCC(COC)Nc1snc(N)c1C(=O)NC(C)C. The van der Waals surface area contributed by atoms with Crippen molar-refractivity contribution in [3.63, 3.8) is 0 Å². The number of nitrogens with two attached hydrogens (primary N) is 1.